The second-order valence-electron chi connectivity index (χ2n) is 6.83. The highest BCUT2D eigenvalue weighted by molar-refractivity contribution is 7.22. The van der Waals surface area contributed by atoms with Gasteiger partial charge in [0.1, 0.15) is 0 Å². The smallest absolute Gasteiger partial charge is 0.186 e. The number of nitrogens with one attached hydrogen (secondary N) is 1. The Hall–Kier alpha value is -1.13. The summed E-state index contributed by atoms with van der Waals surface area (Å²) in [6, 6.07) is 8.97. The molecule has 1 aliphatic rings. The van der Waals surface area contributed by atoms with Crippen LogP contribution < -0.4 is 10.2 Å². The van der Waals surface area contributed by atoms with Crippen molar-refractivity contribution < 1.29 is 0 Å². The fourth-order valence-electron chi connectivity index (χ4n) is 2.87. The van der Waals surface area contributed by atoms with Gasteiger partial charge in [-0.05, 0) is 24.0 Å². The Kier molecular flexibility index (Phi) is 3.69. The highest BCUT2D eigenvalue weighted by atomic mass is 32.1. The number of anilines is 1. The maximum absolute atomic E-state index is 4.78. The van der Waals surface area contributed by atoms with Crippen molar-refractivity contribution in [2.24, 2.45) is 5.41 Å². The van der Waals surface area contributed by atoms with Gasteiger partial charge < -0.3 is 10.2 Å². The SMILES string of the molecule is CC(C)(C)CC1CN(c2nc3ccccc3s2)CCN1. The van der Waals surface area contributed by atoms with Crippen molar-refractivity contribution in [3.63, 3.8) is 0 Å². The molecule has 4 heteroatoms. The predicted molar refractivity (Wildman–Crippen MR) is 87.7 cm³/mol. The molecule has 3 rings (SSSR count). The van der Waals surface area contributed by atoms with Crippen LogP contribution in [0.4, 0.5) is 5.13 Å². The van der Waals surface area contributed by atoms with Gasteiger partial charge in [0.15, 0.2) is 5.13 Å². The van der Waals surface area contributed by atoms with E-state index >= 15 is 0 Å². The van der Waals surface area contributed by atoms with Crippen molar-refractivity contribution in [3.8, 4) is 0 Å². The first-order valence-electron chi connectivity index (χ1n) is 7.35. The van der Waals surface area contributed by atoms with Gasteiger partial charge in [-0.3, -0.25) is 0 Å². The third-order valence-electron chi connectivity index (χ3n) is 3.67. The fourth-order valence-corrected chi connectivity index (χ4v) is 3.87. The Morgan fingerprint density at radius 2 is 2.15 bits per heavy atom. The lowest BCUT2D eigenvalue weighted by Gasteiger charge is -2.36. The van der Waals surface area contributed by atoms with Crippen LogP contribution >= 0.6 is 11.3 Å². The molecule has 0 saturated carbocycles. The molecule has 0 amide bonds. The van der Waals surface area contributed by atoms with E-state index in [1.807, 2.05) is 11.3 Å². The number of hydrogen-bond acceptors (Lipinski definition) is 4. The van der Waals surface area contributed by atoms with E-state index in [4.69, 9.17) is 4.98 Å². The van der Waals surface area contributed by atoms with Crippen LogP contribution in [0.25, 0.3) is 10.2 Å². The molecule has 1 aromatic carbocycles. The summed E-state index contributed by atoms with van der Waals surface area (Å²) in [5.74, 6) is 0. The van der Waals surface area contributed by atoms with E-state index in [2.05, 4.69) is 55.3 Å². The van der Waals surface area contributed by atoms with Crippen molar-refractivity contribution in [2.45, 2.75) is 33.2 Å². The first-order valence-corrected chi connectivity index (χ1v) is 8.17. The Morgan fingerprint density at radius 1 is 1.35 bits per heavy atom. The number of hydrogen-bond donors (Lipinski definition) is 1. The number of rotatable bonds is 2. The molecule has 1 fully saturated rings. The van der Waals surface area contributed by atoms with Crippen LogP contribution in [0, 0.1) is 5.41 Å². The lowest BCUT2D eigenvalue weighted by molar-refractivity contribution is 0.296. The van der Waals surface area contributed by atoms with Crippen molar-refractivity contribution >= 4 is 26.7 Å². The van der Waals surface area contributed by atoms with Gasteiger partial charge in [-0.15, -0.1) is 0 Å². The molecule has 0 spiro atoms. The van der Waals surface area contributed by atoms with Crippen LogP contribution in [-0.4, -0.2) is 30.7 Å². The molecule has 1 N–H and O–H groups in total. The van der Waals surface area contributed by atoms with E-state index in [1.165, 1.54) is 16.3 Å². The molecule has 3 nitrogen and oxygen atoms in total. The van der Waals surface area contributed by atoms with Gasteiger partial charge >= 0.3 is 0 Å². The maximum atomic E-state index is 4.78. The number of fused-ring (bicyclic) bond motifs is 1. The summed E-state index contributed by atoms with van der Waals surface area (Å²) in [5, 5.41) is 4.82. The van der Waals surface area contributed by atoms with Gasteiger partial charge in [-0.25, -0.2) is 4.98 Å². The summed E-state index contributed by atoms with van der Waals surface area (Å²) in [5.41, 5.74) is 1.49. The Labute approximate surface area is 125 Å². The molecule has 20 heavy (non-hydrogen) atoms. The average molecular weight is 289 g/mol. The number of aromatic nitrogens is 1. The molecule has 1 aromatic heterocycles. The topological polar surface area (TPSA) is 28.2 Å². The van der Waals surface area contributed by atoms with Crippen molar-refractivity contribution in [3.05, 3.63) is 24.3 Å². The quantitative estimate of drug-likeness (QED) is 0.917. The summed E-state index contributed by atoms with van der Waals surface area (Å²) >= 11 is 1.81. The van der Waals surface area contributed by atoms with Crippen LogP contribution in [0.1, 0.15) is 27.2 Å². The van der Waals surface area contributed by atoms with Crippen LogP contribution in [0.5, 0.6) is 0 Å². The molecular formula is C16H23N3S. The first kappa shape index (κ1) is 13.8. The van der Waals surface area contributed by atoms with Crippen LogP contribution in [0.15, 0.2) is 24.3 Å². The summed E-state index contributed by atoms with van der Waals surface area (Å²) in [6.07, 6.45) is 1.20. The largest absolute Gasteiger partial charge is 0.345 e. The zero-order valence-electron chi connectivity index (χ0n) is 12.5. The molecule has 1 aliphatic heterocycles. The molecule has 108 valence electrons. The lowest BCUT2D eigenvalue weighted by Crippen LogP contribution is -2.51. The molecular weight excluding hydrogens is 266 g/mol. The summed E-state index contributed by atoms with van der Waals surface area (Å²) in [7, 11) is 0. The monoisotopic (exact) mass is 289 g/mol. The van der Waals surface area contributed by atoms with Crippen molar-refractivity contribution in [1.29, 1.82) is 0 Å². The minimum absolute atomic E-state index is 0.369. The summed E-state index contributed by atoms with van der Waals surface area (Å²) in [6.45, 7) is 10.1. The van der Waals surface area contributed by atoms with Crippen molar-refractivity contribution in [2.75, 3.05) is 24.5 Å². The average Bonchev–Trinajstić information content (AvgIpc) is 2.80. The molecule has 0 radical (unpaired) electrons. The zero-order chi connectivity index (χ0) is 14.2. The predicted octanol–water partition coefficient (Wildman–Crippen LogP) is 3.51. The number of nitrogens with zero attached hydrogens (tertiary/aromatic N) is 2. The highest BCUT2D eigenvalue weighted by Gasteiger charge is 2.25. The molecule has 1 atom stereocenters. The van der Waals surface area contributed by atoms with Gasteiger partial charge in [0.25, 0.3) is 0 Å². The van der Waals surface area contributed by atoms with E-state index in [-0.39, 0.29) is 0 Å². The van der Waals surface area contributed by atoms with Crippen LogP contribution in [-0.2, 0) is 0 Å². The zero-order valence-corrected chi connectivity index (χ0v) is 13.3. The van der Waals surface area contributed by atoms with Gasteiger partial charge in [-0.2, -0.15) is 0 Å². The van der Waals surface area contributed by atoms with Crippen LogP contribution in [0.2, 0.25) is 0 Å². The second-order valence-corrected chi connectivity index (χ2v) is 7.84. The van der Waals surface area contributed by atoms with E-state index in [9.17, 15) is 0 Å². The van der Waals surface area contributed by atoms with Crippen molar-refractivity contribution in [1.82, 2.24) is 10.3 Å². The lowest BCUT2D eigenvalue weighted by atomic mass is 9.87. The highest BCUT2D eigenvalue weighted by Crippen LogP contribution is 2.30. The normalized spacial score (nSPS) is 20.6. The second kappa shape index (κ2) is 5.34. The minimum Gasteiger partial charge on any atom is -0.345 e. The first-order chi connectivity index (χ1) is 9.51. The molecule has 2 heterocycles. The van der Waals surface area contributed by atoms with Gasteiger partial charge in [0.05, 0.1) is 10.2 Å². The summed E-state index contributed by atoms with van der Waals surface area (Å²) < 4.78 is 1.29. The molecule has 1 unspecified atom stereocenters. The van der Waals surface area contributed by atoms with E-state index in [0.717, 1.165) is 25.2 Å². The molecule has 0 aliphatic carbocycles. The van der Waals surface area contributed by atoms with Gasteiger partial charge in [0.2, 0.25) is 0 Å². The standard InChI is InChI=1S/C16H23N3S/c1-16(2,3)10-12-11-19(9-8-17-12)15-18-13-6-4-5-7-14(13)20-15/h4-7,12,17H,8-11H2,1-3H3. The third kappa shape index (κ3) is 3.13. The summed E-state index contributed by atoms with van der Waals surface area (Å²) in [4.78, 5) is 7.23. The Balaban J connectivity index is 1.76. The maximum Gasteiger partial charge on any atom is 0.186 e. The molecule has 2 aromatic rings. The number of para-hydroxylation sites is 1. The van der Waals surface area contributed by atoms with E-state index in [1.54, 1.807) is 0 Å². The fraction of sp³-hybridized carbons (Fsp3) is 0.562. The Morgan fingerprint density at radius 3 is 2.90 bits per heavy atom. The third-order valence-corrected chi connectivity index (χ3v) is 4.76. The number of piperazine rings is 1. The van der Waals surface area contributed by atoms with Gasteiger partial charge in [-0.1, -0.05) is 44.2 Å². The number of benzene rings is 1. The van der Waals surface area contributed by atoms with Crippen LogP contribution in [0.3, 0.4) is 0 Å². The molecule has 0 bridgehead atoms. The van der Waals surface area contributed by atoms with E-state index in [0.29, 0.717) is 11.5 Å². The Bertz CT molecular complexity index is 552. The number of thiazole rings is 1. The minimum atomic E-state index is 0.369. The van der Waals surface area contributed by atoms with Gasteiger partial charge in [0, 0.05) is 25.7 Å². The molecule has 1 saturated heterocycles. The van der Waals surface area contributed by atoms with E-state index < -0.39 is 0 Å².